The lowest BCUT2D eigenvalue weighted by Crippen LogP contribution is -2.38. The molecule has 2 aromatic heterocycles. The third-order valence-electron chi connectivity index (χ3n) is 5.54. The molecule has 1 aromatic carbocycles. The van der Waals surface area contributed by atoms with Gasteiger partial charge in [-0.3, -0.25) is 4.79 Å². The Labute approximate surface area is 173 Å². The monoisotopic (exact) mass is 415 g/mol. The number of likely N-dealkylation sites (tertiary alicyclic amines) is 1. The average molecular weight is 416 g/mol. The summed E-state index contributed by atoms with van der Waals surface area (Å²) in [5, 5.41) is 0.626. The van der Waals surface area contributed by atoms with Gasteiger partial charge in [0.2, 0.25) is 0 Å². The zero-order valence-corrected chi connectivity index (χ0v) is 17.3. The molecule has 1 aliphatic heterocycles. The highest BCUT2D eigenvalue weighted by molar-refractivity contribution is 6.31. The maximum atomic E-state index is 13.0. The van der Waals surface area contributed by atoms with Crippen LogP contribution >= 0.6 is 11.6 Å². The number of ether oxygens (including phenoxy) is 1. The molecule has 0 bridgehead atoms. The van der Waals surface area contributed by atoms with Gasteiger partial charge in [-0.25, -0.2) is 9.78 Å². The molecule has 0 unspecified atom stereocenters. The maximum Gasteiger partial charge on any atom is 0.339 e. The highest BCUT2D eigenvalue weighted by atomic mass is 35.5. The number of piperidine rings is 1. The first-order valence-electron chi connectivity index (χ1n) is 9.51. The first kappa shape index (κ1) is 19.5. The second-order valence-corrected chi connectivity index (χ2v) is 7.78. The second kappa shape index (κ2) is 7.55. The number of aromatic nitrogens is 2. The number of oxazole rings is 1. The number of hydrogen-bond donors (Lipinski definition) is 1. The molecule has 3 heterocycles. The Balaban J connectivity index is 1.48. The topological polar surface area (TPSA) is 88.4 Å². The molecule has 152 valence electrons. The van der Waals surface area contributed by atoms with Crippen molar-refractivity contribution in [2.24, 2.45) is 0 Å². The van der Waals surface area contributed by atoms with Crippen molar-refractivity contribution in [1.29, 1.82) is 0 Å². The third kappa shape index (κ3) is 3.51. The molecule has 1 fully saturated rings. The number of carbonyl (C=O) groups is 2. The van der Waals surface area contributed by atoms with Gasteiger partial charge in [-0.2, -0.15) is 0 Å². The van der Waals surface area contributed by atoms with Crippen LogP contribution in [0.2, 0.25) is 5.02 Å². The summed E-state index contributed by atoms with van der Waals surface area (Å²) in [6.07, 6.45) is 1.52. The van der Waals surface area contributed by atoms with Crippen LogP contribution in [-0.4, -0.2) is 46.9 Å². The Kier molecular flexibility index (Phi) is 5.08. The van der Waals surface area contributed by atoms with E-state index in [1.165, 1.54) is 7.11 Å². The van der Waals surface area contributed by atoms with Gasteiger partial charge in [-0.15, -0.1) is 0 Å². The molecule has 8 heteroatoms. The van der Waals surface area contributed by atoms with Gasteiger partial charge < -0.3 is 19.0 Å². The molecular formula is C21H22ClN3O4. The second-order valence-electron chi connectivity index (χ2n) is 7.35. The van der Waals surface area contributed by atoms with E-state index in [4.69, 9.17) is 20.8 Å². The van der Waals surface area contributed by atoms with E-state index in [-0.39, 0.29) is 11.8 Å². The van der Waals surface area contributed by atoms with E-state index in [2.05, 4.69) is 9.97 Å². The van der Waals surface area contributed by atoms with E-state index >= 15 is 0 Å². The van der Waals surface area contributed by atoms with Crippen molar-refractivity contribution < 1.29 is 18.7 Å². The van der Waals surface area contributed by atoms with E-state index in [1.807, 2.05) is 6.07 Å². The normalized spacial score (nSPS) is 15.1. The predicted octanol–water partition coefficient (Wildman–Crippen LogP) is 4.23. The smallest absolute Gasteiger partial charge is 0.339 e. The number of aryl methyl sites for hydroxylation is 1. The Morgan fingerprint density at radius 3 is 2.69 bits per heavy atom. The lowest BCUT2D eigenvalue weighted by atomic mass is 9.96. The Hall–Kier alpha value is -2.80. The van der Waals surface area contributed by atoms with Crippen molar-refractivity contribution in [3.8, 4) is 0 Å². The number of aromatic amines is 1. The molecule has 1 aliphatic rings. The van der Waals surface area contributed by atoms with Crippen molar-refractivity contribution in [3.05, 3.63) is 51.6 Å². The predicted molar refractivity (Wildman–Crippen MR) is 109 cm³/mol. The fraction of sp³-hybridized carbons (Fsp3) is 0.381. The number of hydrogen-bond acceptors (Lipinski definition) is 5. The molecule has 4 rings (SSSR count). The standard InChI is InChI=1S/C21H22ClN3O4/c1-11-17(21(27)28-3)12(2)23-18(11)20(26)25-8-6-13(7-9-25)19-24-15-10-14(22)4-5-16(15)29-19/h4-5,10,13,23H,6-9H2,1-3H3. The molecule has 1 saturated heterocycles. The number of methoxy groups -OCH3 is 1. The van der Waals surface area contributed by atoms with Gasteiger partial charge in [0.15, 0.2) is 11.5 Å². The van der Waals surface area contributed by atoms with Crippen LogP contribution in [-0.2, 0) is 4.74 Å². The summed E-state index contributed by atoms with van der Waals surface area (Å²) in [7, 11) is 1.33. The van der Waals surface area contributed by atoms with Crippen LogP contribution in [0.15, 0.2) is 22.6 Å². The van der Waals surface area contributed by atoms with Crippen LogP contribution in [0.4, 0.5) is 0 Å². The van der Waals surface area contributed by atoms with Crippen molar-refractivity contribution in [2.45, 2.75) is 32.6 Å². The molecule has 1 N–H and O–H groups in total. The van der Waals surface area contributed by atoms with E-state index in [1.54, 1.807) is 30.9 Å². The number of esters is 1. The Bertz CT molecular complexity index is 1090. The Morgan fingerprint density at radius 2 is 2.00 bits per heavy atom. The molecule has 0 saturated carbocycles. The number of halogens is 1. The van der Waals surface area contributed by atoms with Crippen molar-refractivity contribution in [3.63, 3.8) is 0 Å². The average Bonchev–Trinajstić information content (AvgIpc) is 3.27. The zero-order chi connectivity index (χ0) is 20.7. The molecule has 0 spiro atoms. The summed E-state index contributed by atoms with van der Waals surface area (Å²) in [6, 6.07) is 5.39. The molecule has 29 heavy (non-hydrogen) atoms. The summed E-state index contributed by atoms with van der Waals surface area (Å²) in [5.74, 6) is 0.296. The first-order chi connectivity index (χ1) is 13.9. The quantitative estimate of drug-likeness (QED) is 0.646. The van der Waals surface area contributed by atoms with Crippen LogP contribution in [0.25, 0.3) is 11.1 Å². The SMILES string of the molecule is COC(=O)c1c(C)[nH]c(C(=O)N2CCC(c3nc4cc(Cl)ccc4o3)CC2)c1C. The number of amides is 1. The van der Waals surface area contributed by atoms with Gasteiger partial charge in [0, 0.05) is 29.7 Å². The summed E-state index contributed by atoms with van der Waals surface area (Å²) in [4.78, 5) is 34.4. The fourth-order valence-corrected chi connectivity index (χ4v) is 4.12. The molecule has 3 aromatic rings. The van der Waals surface area contributed by atoms with Gasteiger partial charge in [-0.1, -0.05) is 11.6 Å². The third-order valence-corrected chi connectivity index (χ3v) is 5.77. The van der Waals surface area contributed by atoms with Crippen molar-refractivity contribution >= 4 is 34.6 Å². The number of fused-ring (bicyclic) bond motifs is 1. The number of nitrogens with zero attached hydrogens (tertiary/aromatic N) is 2. The molecule has 0 radical (unpaired) electrons. The number of carbonyl (C=O) groups excluding carboxylic acids is 2. The van der Waals surface area contributed by atoms with Crippen LogP contribution in [0.3, 0.4) is 0 Å². The maximum absolute atomic E-state index is 13.0. The van der Waals surface area contributed by atoms with Gasteiger partial charge in [0.05, 0.1) is 12.7 Å². The lowest BCUT2D eigenvalue weighted by Gasteiger charge is -2.30. The van der Waals surface area contributed by atoms with Crippen molar-refractivity contribution in [2.75, 3.05) is 20.2 Å². The van der Waals surface area contributed by atoms with E-state index in [9.17, 15) is 9.59 Å². The largest absolute Gasteiger partial charge is 0.465 e. The van der Waals surface area contributed by atoms with Crippen LogP contribution < -0.4 is 0 Å². The molecular weight excluding hydrogens is 394 g/mol. The van der Waals surface area contributed by atoms with Crippen LogP contribution in [0, 0.1) is 13.8 Å². The van der Waals surface area contributed by atoms with Gasteiger partial charge in [0.25, 0.3) is 5.91 Å². The highest BCUT2D eigenvalue weighted by Crippen LogP contribution is 2.31. The molecule has 1 amide bonds. The molecule has 7 nitrogen and oxygen atoms in total. The lowest BCUT2D eigenvalue weighted by molar-refractivity contribution is 0.0599. The summed E-state index contributed by atoms with van der Waals surface area (Å²) < 4.78 is 10.7. The van der Waals surface area contributed by atoms with E-state index < -0.39 is 5.97 Å². The minimum atomic E-state index is -0.440. The molecule has 0 atom stereocenters. The summed E-state index contributed by atoms with van der Waals surface area (Å²) in [5.41, 5.74) is 3.60. The minimum absolute atomic E-state index is 0.108. The van der Waals surface area contributed by atoms with Gasteiger partial charge in [-0.05, 0) is 50.5 Å². The fourth-order valence-electron chi connectivity index (χ4n) is 3.95. The van der Waals surface area contributed by atoms with Crippen LogP contribution in [0.5, 0.6) is 0 Å². The number of benzene rings is 1. The summed E-state index contributed by atoms with van der Waals surface area (Å²) in [6.45, 7) is 4.71. The van der Waals surface area contributed by atoms with Gasteiger partial charge >= 0.3 is 5.97 Å². The number of nitrogens with one attached hydrogen (secondary N) is 1. The van der Waals surface area contributed by atoms with Gasteiger partial charge in [0.1, 0.15) is 11.2 Å². The zero-order valence-electron chi connectivity index (χ0n) is 16.5. The molecule has 0 aliphatic carbocycles. The minimum Gasteiger partial charge on any atom is -0.465 e. The number of rotatable bonds is 3. The van der Waals surface area contributed by atoms with E-state index in [0.29, 0.717) is 46.5 Å². The highest BCUT2D eigenvalue weighted by Gasteiger charge is 2.30. The van der Waals surface area contributed by atoms with Crippen molar-refractivity contribution in [1.82, 2.24) is 14.9 Å². The van der Waals surface area contributed by atoms with E-state index in [0.717, 1.165) is 23.9 Å². The first-order valence-corrected chi connectivity index (χ1v) is 9.89. The number of H-pyrrole nitrogens is 1. The van der Waals surface area contributed by atoms with Crippen LogP contribution in [0.1, 0.15) is 56.8 Å². The Morgan fingerprint density at radius 1 is 1.28 bits per heavy atom. The summed E-state index contributed by atoms with van der Waals surface area (Å²) >= 11 is 6.02.